The molecule has 162 valence electrons. The summed E-state index contributed by atoms with van der Waals surface area (Å²) in [6.07, 6.45) is 0.763. The summed E-state index contributed by atoms with van der Waals surface area (Å²) in [6, 6.07) is 2.87. The van der Waals surface area contributed by atoms with E-state index in [4.69, 9.17) is 4.74 Å². The quantitative estimate of drug-likeness (QED) is 0.783. The van der Waals surface area contributed by atoms with Crippen LogP contribution in [0.2, 0.25) is 0 Å². The van der Waals surface area contributed by atoms with Crippen molar-refractivity contribution >= 4 is 23.3 Å². The van der Waals surface area contributed by atoms with Crippen LogP contribution in [-0.4, -0.2) is 71.3 Å². The minimum absolute atomic E-state index is 0.0581. The Morgan fingerprint density at radius 2 is 2.00 bits per heavy atom. The fourth-order valence-corrected chi connectivity index (χ4v) is 4.90. The van der Waals surface area contributed by atoms with E-state index in [2.05, 4.69) is 5.32 Å². The monoisotopic (exact) mass is 423 g/mol. The normalized spacial score (nSPS) is 28.3. The highest BCUT2D eigenvalue weighted by molar-refractivity contribution is 7.10. The number of nitrogens with zero attached hydrogens (tertiary/aromatic N) is 2. The Morgan fingerprint density at radius 3 is 2.59 bits per heavy atom. The number of likely N-dealkylation sites (tertiary alicyclic amines) is 1. The second kappa shape index (κ2) is 8.62. The van der Waals surface area contributed by atoms with Crippen LogP contribution in [0.3, 0.4) is 0 Å². The van der Waals surface area contributed by atoms with E-state index < -0.39 is 17.7 Å². The van der Waals surface area contributed by atoms with Crippen LogP contribution >= 0.6 is 11.3 Å². The summed E-state index contributed by atoms with van der Waals surface area (Å²) in [5.74, 6) is -0.106. The van der Waals surface area contributed by atoms with E-state index in [0.29, 0.717) is 45.7 Å². The summed E-state index contributed by atoms with van der Waals surface area (Å²) in [7, 11) is 0. The lowest BCUT2D eigenvalue weighted by molar-refractivity contribution is -0.129. The molecular weight excluding hydrogens is 390 g/mol. The minimum atomic E-state index is -1.11. The molecule has 1 aromatic heterocycles. The first kappa shape index (κ1) is 22.1. The van der Waals surface area contributed by atoms with Gasteiger partial charge in [0.15, 0.2) is 0 Å². The largest absolute Gasteiger partial charge is 0.388 e. The summed E-state index contributed by atoms with van der Waals surface area (Å²) in [4.78, 5) is 30.7. The van der Waals surface area contributed by atoms with Crippen LogP contribution in [0.1, 0.15) is 51.5 Å². The zero-order chi connectivity index (χ0) is 21.2. The predicted octanol–water partition coefficient (Wildman–Crippen LogP) is 2.62. The van der Waals surface area contributed by atoms with Gasteiger partial charge in [0.05, 0.1) is 30.9 Å². The predicted molar refractivity (Wildman–Crippen MR) is 113 cm³/mol. The third kappa shape index (κ3) is 5.29. The SMILES string of the molecule is CC(C)(C)CC(=O)NC1C(c2cccs2)N(C(=O)N2CCOCC2)CCC1(C)O. The van der Waals surface area contributed by atoms with E-state index >= 15 is 0 Å². The average molecular weight is 424 g/mol. The third-order valence-electron chi connectivity index (χ3n) is 5.55. The fourth-order valence-electron chi connectivity index (χ4n) is 4.03. The number of hydrogen-bond donors (Lipinski definition) is 2. The minimum Gasteiger partial charge on any atom is -0.388 e. The molecule has 2 fully saturated rings. The number of urea groups is 1. The van der Waals surface area contributed by atoms with E-state index in [1.165, 1.54) is 0 Å². The van der Waals surface area contributed by atoms with Gasteiger partial charge in [-0.3, -0.25) is 4.79 Å². The molecule has 0 aliphatic carbocycles. The fraction of sp³-hybridized carbons (Fsp3) is 0.714. The summed E-state index contributed by atoms with van der Waals surface area (Å²) < 4.78 is 5.38. The molecule has 3 atom stereocenters. The molecule has 2 N–H and O–H groups in total. The van der Waals surface area contributed by atoms with Gasteiger partial charge in [0.1, 0.15) is 0 Å². The summed E-state index contributed by atoms with van der Waals surface area (Å²) in [6.45, 7) is 10.4. The van der Waals surface area contributed by atoms with Crippen LogP contribution in [0.25, 0.3) is 0 Å². The van der Waals surface area contributed by atoms with Crippen molar-refractivity contribution in [2.75, 3.05) is 32.8 Å². The zero-order valence-electron chi connectivity index (χ0n) is 17.8. The molecule has 0 aromatic carbocycles. The van der Waals surface area contributed by atoms with Crippen LogP contribution in [-0.2, 0) is 9.53 Å². The Bertz CT molecular complexity index is 708. The molecule has 3 rings (SSSR count). The van der Waals surface area contributed by atoms with E-state index in [-0.39, 0.29) is 17.4 Å². The van der Waals surface area contributed by atoms with Gasteiger partial charge in [0.25, 0.3) is 0 Å². The van der Waals surface area contributed by atoms with E-state index in [9.17, 15) is 14.7 Å². The smallest absolute Gasteiger partial charge is 0.320 e. The number of morpholine rings is 1. The van der Waals surface area contributed by atoms with Gasteiger partial charge >= 0.3 is 6.03 Å². The van der Waals surface area contributed by atoms with E-state index in [1.54, 1.807) is 23.2 Å². The Hall–Kier alpha value is -1.64. The lowest BCUT2D eigenvalue weighted by atomic mass is 9.81. The summed E-state index contributed by atoms with van der Waals surface area (Å²) in [5.41, 5.74) is -1.27. The average Bonchev–Trinajstić information content (AvgIpc) is 3.16. The molecule has 3 amide bonds. The number of aliphatic hydroxyl groups is 1. The van der Waals surface area contributed by atoms with Gasteiger partial charge in [-0.1, -0.05) is 26.8 Å². The number of carbonyl (C=O) groups excluding carboxylic acids is 2. The van der Waals surface area contributed by atoms with Crippen molar-refractivity contribution in [1.82, 2.24) is 15.1 Å². The number of hydrogen-bond acceptors (Lipinski definition) is 5. The first-order valence-electron chi connectivity index (χ1n) is 10.3. The highest BCUT2D eigenvalue weighted by Crippen LogP contribution is 2.39. The number of carbonyl (C=O) groups is 2. The Morgan fingerprint density at radius 1 is 1.31 bits per heavy atom. The Labute approximate surface area is 177 Å². The van der Waals surface area contributed by atoms with Crippen LogP contribution < -0.4 is 5.32 Å². The van der Waals surface area contributed by atoms with E-state index in [0.717, 1.165) is 4.88 Å². The lowest BCUT2D eigenvalue weighted by Gasteiger charge is -2.49. The van der Waals surface area contributed by atoms with Gasteiger partial charge in [0.2, 0.25) is 5.91 Å². The van der Waals surface area contributed by atoms with Gasteiger partial charge in [-0.15, -0.1) is 11.3 Å². The number of piperidine rings is 1. The third-order valence-corrected chi connectivity index (χ3v) is 6.49. The number of rotatable bonds is 3. The van der Waals surface area contributed by atoms with Crippen LogP contribution in [0.4, 0.5) is 4.79 Å². The maximum atomic E-state index is 13.3. The van der Waals surface area contributed by atoms with Crippen molar-refractivity contribution < 1.29 is 19.4 Å². The summed E-state index contributed by atoms with van der Waals surface area (Å²) in [5, 5.41) is 16.2. The molecule has 2 saturated heterocycles. The first-order valence-corrected chi connectivity index (χ1v) is 11.1. The van der Waals surface area contributed by atoms with Gasteiger partial charge < -0.3 is 25.0 Å². The number of amides is 3. The molecule has 3 unspecified atom stereocenters. The number of thiophene rings is 1. The first-order chi connectivity index (χ1) is 13.6. The molecule has 1 aromatic rings. The van der Waals surface area contributed by atoms with Crippen molar-refractivity contribution in [3.63, 3.8) is 0 Å². The zero-order valence-corrected chi connectivity index (χ0v) is 18.6. The lowest BCUT2D eigenvalue weighted by Crippen LogP contribution is -2.65. The van der Waals surface area contributed by atoms with Gasteiger partial charge in [0, 0.05) is 30.9 Å². The van der Waals surface area contributed by atoms with Crippen molar-refractivity contribution in [2.45, 2.75) is 58.2 Å². The second-order valence-electron chi connectivity index (χ2n) is 9.43. The maximum Gasteiger partial charge on any atom is 0.320 e. The molecular formula is C21H33N3O4S. The molecule has 0 saturated carbocycles. The van der Waals surface area contributed by atoms with Crippen molar-refractivity contribution in [2.24, 2.45) is 5.41 Å². The topological polar surface area (TPSA) is 82.1 Å². The molecule has 0 bridgehead atoms. The molecule has 2 aliphatic rings. The van der Waals surface area contributed by atoms with Crippen LogP contribution in [0.15, 0.2) is 17.5 Å². The molecule has 3 heterocycles. The number of ether oxygens (including phenoxy) is 1. The molecule has 2 aliphatic heterocycles. The molecule has 0 radical (unpaired) electrons. The number of nitrogens with one attached hydrogen (secondary N) is 1. The van der Waals surface area contributed by atoms with E-state index in [1.807, 2.05) is 43.2 Å². The standard InChI is InChI=1S/C21H33N3O4S/c1-20(2,3)14-16(25)22-18-17(15-6-5-13-29-15)24(8-7-21(18,4)27)19(26)23-9-11-28-12-10-23/h5-6,13,17-18,27H,7-12,14H2,1-4H3,(H,22,25). The summed E-state index contributed by atoms with van der Waals surface area (Å²) >= 11 is 1.54. The molecule has 8 heteroatoms. The highest BCUT2D eigenvalue weighted by Gasteiger charge is 2.49. The van der Waals surface area contributed by atoms with Crippen molar-refractivity contribution in [1.29, 1.82) is 0 Å². The Kier molecular flexibility index (Phi) is 6.55. The van der Waals surface area contributed by atoms with Gasteiger partial charge in [-0.25, -0.2) is 4.79 Å². The van der Waals surface area contributed by atoms with Crippen LogP contribution in [0, 0.1) is 5.41 Å². The molecule has 29 heavy (non-hydrogen) atoms. The molecule has 7 nitrogen and oxygen atoms in total. The maximum absolute atomic E-state index is 13.3. The Balaban J connectivity index is 1.89. The highest BCUT2D eigenvalue weighted by atomic mass is 32.1. The van der Waals surface area contributed by atoms with Crippen molar-refractivity contribution in [3.8, 4) is 0 Å². The van der Waals surface area contributed by atoms with Gasteiger partial charge in [-0.05, 0) is 30.2 Å². The van der Waals surface area contributed by atoms with Gasteiger partial charge in [-0.2, -0.15) is 0 Å². The van der Waals surface area contributed by atoms with Crippen molar-refractivity contribution in [3.05, 3.63) is 22.4 Å². The van der Waals surface area contributed by atoms with Crippen LogP contribution in [0.5, 0.6) is 0 Å². The molecule has 0 spiro atoms. The second-order valence-corrected chi connectivity index (χ2v) is 10.4.